The molecule has 0 unspecified atom stereocenters. The molecule has 17 heavy (non-hydrogen) atoms. The third-order valence-corrected chi connectivity index (χ3v) is 3.62. The van der Waals surface area contributed by atoms with Crippen LogP contribution in [0.4, 0.5) is 5.69 Å². The molecule has 1 aromatic rings. The largest absolute Gasteiger partial charge is 0.381 e. The van der Waals surface area contributed by atoms with Gasteiger partial charge in [0.05, 0.1) is 0 Å². The van der Waals surface area contributed by atoms with Crippen molar-refractivity contribution in [2.75, 3.05) is 24.7 Å². The SMILES string of the molecule is CCc1cccc(N(CC)C2CCOCC2)c1. The van der Waals surface area contributed by atoms with Gasteiger partial charge in [-0.1, -0.05) is 19.1 Å². The molecule has 1 heterocycles. The van der Waals surface area contributed by atoms with Crippen molar-refractivity contribution in [2.24, 2.45) is 0 Å². The Bertz CT molecular complexity index is 345. The first-order valence-corrected chi connectivity index (χ1v) is 6.78. The predicted octanol–water partition coefficient (Wildman–Crippen LogP) is 3.25. The standard InChI is InChI=1S/C15H23NO/c1-3-13-6-5-7-15(12-13)16(4-2)14-8-10-17-11-9-14/h5-7,12,14H,3-4,8-11H2,1-2H3. The molecule has 1 aliphatic rings. The number of hydrogen-bond donors (Lipinski definition) is 0. The first-order valence-electron chi connectivity index (χ1n) is 6.78. The number of rotatable bonds is 4. The summed E-state index contributed by atoms with van der Waals surface area (Å²) in [6.45, 7) is 7.36. The van der Waals surface area contributed by atoms with Gasteiger partial charge in [0.2, 0.25) is 0 Å². The summed E-state index contributed by atoms with van der Waals surface area (Å²) in [5.41, 5.74) is 2.80. The van der Waals surface area contributed by atoms with E-state index < -0.39 is 0 Å². The van der Waals surface area contributed by atoms with Crippen molar-refractivity contribution in [3.63, 3.8) is 0 Å². The van der Waals surface area contributed by atoms with Crippen LogP contribution < -0.4 is 4.90 Å². The minimum Gasteiger partial charge on any atom is -0.381 e. The molecule has 0 spiro atoms. The Morgan fingerprint density at radius 3 is 2.65 bits per heavy atom. The molecule has 0 saturated carbocycles. The second kappa shape index (κ2) is 6.06. The molecule has 1 aliphatic heterocycles. The molecule has 2 rings (SSSR count). The lowest BCUT2D eigenvalue weighted by Gasteiger charge is -2.35. The van der Waals surface area contributed by atoms with E-state index in [0.29, 0.717) is 6.04 Å². The highest BCUT2D eigenvalue weighted by Crippen LogP contribution is 2.23. The minimum atomic E-state index is 0.654. The van der Waals surface area contributed by atoms with Crippen molar-refractivity contribution in [2.45, 2.75) is 39.2 Å². The lowest BCUT2D eigenvalue weighted by molar-refractivity contribution is 0.0846. The highest BCUT2D eigenvalue weighted by molar-refractivity contribution is 5.49. The van der Waals surface area contributed by atoms with E-state index in [1.807, 2.05) is 0 Å². The molecule has 0 atom stereocenters. The van der Waals surface area contributed by atoms with E-state index >= 15 is 0 Å². The maximum atomic E-state index is 5.45. The van der Waals surface area contributed by atoms with Crippen LogP contribution in [0.5, 0.6) is 0 Å². The summed E-state index contributed by atoms with van der Waals surface area (Å²) in [5, 5.41) is 0. The second-order valence-electron chi connectivity index (χ2n) is 4.65. The van der Waals surface area contributed by atoms with Gasteiger partial charge in [0.1, 0.15) is 0 Å². The van der Waals surface area contributed by atoms with Crippen molar-refractivity contribution >= 4 is 5.69 Å². The van der Waals surface area contributed by atoms with Crippen molar-refractivity contribution in [3.05, 3.63) is 29.8 Å². The van der Waals surface area contributed by atoms with Gasteiger partial charge in [-0.25, -0.2) is 0 Å². The summed E-state index contributed by atoms with van der Waals surface area (Å²) < 4.78 is 5.45. The Morgan fingerprint density at radius 2 is 2.00 bits per heavy atom. The highest BCUT2D eigenvalue weighted by atomic mass is 16.5. The topological polar surface area (TPSA) is 12.5 Å². The summed E-state index contributed by atoms with van der Waals surface area (Å²) in [4.78, 5) is 2.53. The van der Waals surface area contributed by atoms with Crippen LogP contribution in [0.2, 0.25) is 0 Å². The summed E-state index contributed by atoms with van der Waals surface area (Å²) >= 11 is 0. The number of hydrogen-bond acceptors (Lipinski definition) is 2. The second-order valence-corrected chi connectivity index (χ2v) is 4.65. The molecule has 0 radical (unpaired) electrons. The molecule has 2 heteroatoms. The Labute approximate surface area is 105 Å². The molecule has 1 fully saturated rings. The Balaban J connectivity index is 2.15. The number of nitrogens with zero attached hydrogens (tertiary/aromatic N) is 1. The molecule has 0 amide bonds. The zero-order valence-electron chi connectivity index (χ0n) is 11.0. The van der Waals surface area contributed by atoms with E-state index in [1.165, 1.54) is 11.3 Å². The number of aryl methyl sites for hydroxylation is 1. The van der Waals surface area contributed by atoms with Gasteiger partial charge in [-0.2, -0.15) is 0 Å². The Hall–Kier alpha value is -1.02. The van der Waals surface area contributed by atoms with Gasteiger partial charge in [0.15, 0.2) is 0 Å². The normalized spacial score (nSPS) is 17.1. The number of ether oxygens (including phenoxy) is 1. The third kappa shape index (κ3) is 3.01. The van der Waals surface area contributed by atoms with Gasteiger partial charge in [0, 0.05) is 31.5 Å². The molecule has 0 N–H and O–H groups in total. The monoisotopic (exact) mass is 233 g/mol. The molecule has 0 aliphatic carbocycles. The lowest BCUT2D eigenvalue weighted by atomic mass is 10.0. The Morgan fingerprint density at radius 1 is 1.24 bits per heavy atom. The third-order valence-electron chi connectivity index (χ3n) is 3.62. The van der Waals surface area contributed by atoms with Crippen LogP contribution >= 0.6 is 0 Å². The minimum absolute atomic E-state index is 0.654. The van der Waals surface area contributed by atoms with Crippen LogP contribution in [0.3, 0.4) is 0 Å². The van der Waals surface area contributed by atoms with E-state index in [0.717, 1.165) is 39.0 Å². The van der Waals surface area contributed by atoms with Crippen molar-refractivity contribution in [1.29, 1.82) is 0 Å². The van der Waals surface area contributed by atoms with E-state index in [1.54, 1.807) is 0 Å². The first-order chi connectivity index (χ1) is 8.35. The van der Waals surface area contributed by atoms with Crippen LogP contribution in [0.1, 0.15) is 32.3 Å². The van der Waals surface area contributed by atoms with Crippen LogP contribution in [0.15, 0.2) is 24.3 Å². The predicted molar refractivity (Wildman–Crippen MR) is 72.7 cm³/mol. The zero-order chi connectivity index (χ0) is 12.1. The average molecular weight is 233 g/mol. The van der Waals surface area contributed by atoms with Gasteiger partial charge in [-0.3, -0.25) is 0 Å². The molecule has 0 bridgehead atoms. The average Bonchev–Trinajstić information content (AvgIpc) is 2.41. The quantitative estimate of drug-likeness (QED) is 0.791. The molecule has 0 aromatic heterocycles. The fourth-order valence-corrected chi connectivity index (χ4v) is 2.60. The van der Waals surface area contributed by atoms with E-state index in [4.69, 9.17) is 4.74 Å². The molecule has 1 aromatic carbocycles. The molecule has 94 valence electrons. The summed E-state index contributed by atoms with van der Waals surface area (Å²) in [6.07, 6.45) is 3.42. The van der Waals surface area contributed by atoms with E-state index in [9.17, 15) is 0 Å². The van der Waals surface area contributed by atoms with Gasteiger partial charge < -0.3 is 9.64 Å². The number of anilines is 1. The van der Waals surface area contributed by atoms with Crippen molar-refractivity contribution in [1.82, 2.24) is 0 Å². The van der Waals surface area contributed by atoms with Crippen LogP contribution in [-0.4, -0.2) is 25.8 Å². The van der Waals surface area contributed by atoms with E-state index in [2.05, 4.69) is 43.0 Å². The molecule has 1 saturated heterocycles. The number of benzene rings is 1. The fourth-order valence-electron chi connectivity index (χ4n) is 2.60. The van der Waals surface area contributed by atoms with E-state index in [-0.39, 0.29) is 0 Å². The summed E-state index contributed by atoms with van der Waals surface area (Å²) in [5.74, 6) is 0. The van der Waals surface area contributed by atoms with Gasteiger partial charge in [0.25, 0.3) is 0 Å². The van der Waals surface area contributed by atoms with Gasteiger partial charge in [-0.15, -0.1) is 0 Å². The summed E-state index contributed by atoms with van der Waals surface area (Å²) in [7, 11) is 0. The fraction of sp³-hybridized carbons (Fsp3) is 0.600. The van der Waals surface area contributed by atoms with Crippen LogP contribution in [0.25, 0.3) is 0 Å². The smallest absolute Gasteiger partial charge is 0.0485 e. The van der Waals surface area contributed by atoms with Gasteiger partial charge >= 0.3 is 0 Å². The highest BCUT2D eigenvalue weighted by Gasteiger charge is 2.20. The maximum absolute atomic E-state index is 5.45. The van der Waals surface area contributed by atoms with Crippen LogP contribution in [-0.2, 0) is 11.2 Å². The molecular formula is C15H23NO. The molecular weight excluding hydrogens is 210 g/mol. The summed E-state index contributed by atoms with van der Waals surface area (Å²) in [6, 6.07) is 9.61. The maximum Gasteiger partial charge on any atom is 0.0485 e. The van der Waals surface area contributed by atoms with Crippen LogP contribution in [0, 0.1) is 0 Å². The van der Waals surface area contributed by atoms with Gasteiger partial charge in [-0.05, 0) is 43.9 Å². The molecule has 2 nitrogen and oxygen atoms in total. The zero-order valence-corrected chi connectivity index (χ0v) is 11.0. The van der Waals surface area contributed by atoms with Crippen molar-refractivity contribution < 1.29 is 4.74 Å². The first kappa shape index (κ1) is 12.4. The lowest BCUT2D eigenvalue weighted by Crippen LogP contribution is -2.39. The van der Waals surface area contributed by atoms with Crippen molar-refractivity contribution in [3.8, 4) is 0 Å². The Kier molecular flexibility index (Phi) is 4.43.